The third-order valence-electron chi connectivity index (χ3n) is 8.74. The van der Waals surface area contributed by atoms with Crippen LogP contribution < -0.4 is 4.89 Å². The Hall–Kier alpha value is -2.55. The molecule has 0 saturated heterocycles. The summed E-state index contributed by atoms with van der Waals surface area (Å²) in [5.74, 6) is -0.865. The first-order valence-corrected chi connectivity index (χ1v) is 23.1. The summed E-state index contributed by atoms with van der Waals surface area (Å²) in [5, 5.41) is 0. The summed E-state index contributed by atoms with van der Waals surface area (Å²) in [6.45, 7) is 3.98. The van der Waals surface area contributed by atoms with Gasteiger partial charge in [-0.25, -0.2) is 0 Å². The van der Waals surface area contributed by atoms with Gasteiger partial charge in [0.1, 0.15) is 19.8 Å². The Bertz CT molecular complexity index is 1180. The van der Waals surface area contributed by atoms with E-state index in [1.165, 1.54) is 25.7 Å². The summed E-state index contributed by atoms with van der Waals surface area (Å²) in [6.07, 6.45) is 46.9. The van der Waals surface area contributed by atoms with Crippen molar-refractivity contribution in [1.29, 1.82) is 0 Å². The van der Waals surface area contributed by atoms with Crippen molar-refractivity contribution in [3.63, 3.8) is 0 Å². The van der Waals surface area contributed by atoms with Crippen molar-refractivity contribution in [3.8, 4) is 0 Å². The van der Waals surface area contributed by atoms with Gasteiger partial charge in [-0.1, -0.05) is 151 Å². The number of likely N-dealkylation sites (N-methyl/N-ethyl adjacent to an activating group) is 1. The van der Waals surface area contributed by atoms with E-state index in [-0.39, 0.29) is 26.1 Å². The van der Waals surface area contributed by atoms with E-state index in [1.807, 2.05) is 21.1 Å². The topological polar surface area (TPSA) is 111 Å². The van der Waals surface area contributed by atoms with Crippen LogP contribution >= 0.6 is 7.82 Å². The van der Waals surface area contributed by atoms with Crippen LogP contribution in [0.1, 0.15) is 155 Å². The molecule has 0 bridgehead atoms. The summed E-state index contributed by atoms with van der Waals surface area (Å²) >= 11 is 0. The fourth-order valence-corrected chi connectivity index (χ4v) is 6.09. The zero-order chi connectivity index (χ0) is 41.4. The number of allylic oxidation sites excluding steroid dienone is 12. The minimum absolute atomic E-state index is 0.0356. The Morgan fingerprint density at radius 2 is 1.02 bits per heavy atom. The Labute approximate surface area is 342 Å². The number of quaternary nitrogens is 1. The molecule has 0 aromatic heterocycles. The molecule has 2 atom stereocenters. The molecule has 0 heterocycles. The van der Waals surface area contributed by atoms with Gasteiger partial charge in [0.05, 0.1) is 27.7 Å². The van der Waals surface area contributed by atoms with Gasteiger partial charge < -0.3 is 27.9 Å². The minimum Gasteiger partial charge on any atom is -0.756 e. The predicted molar refractivity (Wildman–Crippen MR) is 231 cm³/mol. The first-order valence-electron chi connectivity index (χ1n) is 21.6. The third-order valence-corrected chi connectivity index (χ3v) is 9.71. The molecule has 0 aromatic carbocycles. The van der Waals surface area contributed by atoms with Crippen LogP contribution in [0, 0.1) is 0 Å². The molecule has 0 fully saturated rings. The molecule has 0 aliphatic carbocycles. The molecule has 0 rings (SSSR count). The number of esters is 2. The minimum atomic E-state index is -4.62. The van der Waals surface area contributed by atoms with E-state index in [9.17, 15) is 19.0 Å². The van der Waals surface area contributed by atoms with Gasteiger partial charge in [0.25, 0.3) is 7.82 Å². The maximum Gasteiger partial charge on any atom is 0.306 e. The van der Waals surface area contributed by atoms with Gasteiger partial charge in [0, 0.05) is 12.8 Å². The van der Waals surface area contributed by atoms with E-state index in [2.05, 4.69) is 86.8 Å². The molecule has 0 aliphatic rings. The van der Waals surface area contributed by atoms with Crippen molar-refractivity contribution in [3.05, 3.63) is 72.9 Å². The van der Waals surface area contributed by atoms with E-state index in [0.29, 0.717) is 17.4 Å². The number of rotatable bonds is 38. The van der Waals surface area contributed by atoms with Crippen LogP contribution in [0.4, 0.5) is 0 Å². The van der Waals surface area contributed by atoms with Crippen molar-refractivity contribution in [2.75, 3.05) is 47.5 Å². The number of hydrogen-bond donors (Lipinski definition) is 0. The molecule has 10 heteroatoms. The second-order valence-electron chi connectivity index (χ2n) is 15.3. The van der Waals surface area contributed by atoms with Gasteiger partial charge in [-0.3, -0.25) is 14.2 Å². The quantitative estimate of drug-likeness (QED) is 0.0199. The second-order valence-corrected chi connectivity index (χ2v) is 16.7. The summed E-state index contributed by atoms with van der Waals surface area (Å²) in [4.78, 5) is 37.1. The molecule has 0 amide bonds. The monoisotopic (exact) mass is 806 g/mol. The number of phosphoric acid groups is 1. The first kappa shape index (κ1) is 53.5. The highest BCUT2D eigenvalue weighted by Gasteiger charge is 2.21. The van der Waals surface area contributed by atoms with Gasteiger partial charge in [-0.05, 0) is 64.2 Å². The zero-order valence-corrected chi connectivity index (χ0v) is 36.9. The second kappa shape index (κ2) is 38.0. The third kappa shape index (κ3) is 41.1. The molecule has 0 spiro atoms. The maximum atomic E-state index is 12.6. The van der Waals surface area contributed by atoms with Crippen LogP contribution in [0.15, 0.2) is 72.9 Å². The fourth-order valence-electron chi connectivity index (χ4n) is 5.36. The average molecular weight is 806 g/mol. The Kier molecular flexibility index (Phi) is 36.3. The van der Waals surface area contributed by atoms with E-state index in [0.717, 1.165) is 96.3 Å². The number of carbonyl (C=O) groups is 2. The van der Waals surface area contributed by atoms with E-state index in [1.54, 1.807) is 0 Å². The van der Waals surface area contributed by atoms with E-state index < -0.39 is 32.5 Å². The Balaban J connectivity index is 4.14. The molecule has 0 aliphatic heterocycles. The number of phosphoric ester groups is 1. The lowest BCUT2D eigenvalue weighted by Crippen LogP contribution is -2.37. The van der Waals surface area contributed by atoms with Gasteiger partial charge in [-0.2, -0.15) is 0 Å². The zero-order valence-electron chi connectivity index (χ0n) is 36.1. The van der Waals surface area contributed by atoms with Gasteiger partial charge in [-0.15, -0.1) is 0 Å². The van der Waals surface area contributed by atoms with Crippen molar-refractivity contribution >= 4 is 19.8 Å². The maximum absolute atomic E-state index is 12.6. The molecular formula is C46H80NO8P. The molecule has 0 aromatic rings. The Morgan fingerprint density at radius 1 is 0.571 bits per heavy atom. The van der Waals surface area contributed by atoms with Crippen molar-refractivity contribution in [2.24, 2.45) is 0 Å². The van der Waals surface area contributed by atoms with Crippen LogP contribution in [0.2, 0.25) is 0 Å². The molecule has 0 saturated carbocycles. The molecule has 0 N–H and O–H groups in total. The van der Waals surface area contributed by atoms with Crippen molar-refractivity contribution < 1.29 is 42.1 Å². The van der Waals surface area contributed by atoms with E-state index in [4.69, 9.17) is 18.5 Å². The van der Waals surface area contributed by atoms with Crippen LogP contribution in [-0.2, 0) is 32.7 Å². The van der Waals surface area contributed by atoms with Crippen molar-refractivity contribution in [2.45, 2.75) is 161 Å². The number of hydrogen-bond acceptors (Lipinski definition) is 8. The van der Waals surface area contributed by atoms with Gasteiger partial charge >= 0.3 is 11.9 Å². The lowest BCUT2D eigenvalue weighted by atomic mass is 10.1. The highest BCUT2D eigenvalue weighted by atomic mass is 31.2. The number of nitrogens with zero attached hydrogens (tertiary/aromatic N) is 1. The molecule has 0 radical (unpaired) electrons. The normalized spacial score (nSPS) is 14.3. The van der Waals surface area contributed by atoms with Crippen LogP contribution in [0.25, 0.3) is 0 Å². The highest BCUT2D eigenvalue weighted by molar-refractivity contribution is 7.45. The number of ether oxygens (including phenoxy) is 2. The highest BCUT2D eigenvalue weighted by Crippen LogP contribution is 2.38. The van der Waals surface area contributed by atoms with Crippen LogP contribution in [-0.4, -0.2) is 70.0 Å². The van der Waals surface area contributed by atoms with Crippen molar-refractivity contribution in [1.82, 2.24) is 0 Å². The molecule has 2 unspecified atom stereocenters. The first-order chi connectivity index (χ1) is 27.0. The average Bonchev–Trinajstić information content (AvgIpc) is 3.15. The van der Waals surface area contributed by atoms with Crippen LogP contribution in [0.5, 0.6) is 0 Å². The standard InChI is InChI=1S/C46H80NO8P/c1-6-8-10-12-13-14-15-16-17-18-19-20-21-22-23-24-25-26-27-28-29-30-31-32-33-35-37-39-46(49)55-44(42-52-45(48)38-36-34-11-9-7-2)43-54-56(50,51)53-41-40-47(3,4)5/h8,10,13-14,16-17,19-20,22-23,25-26,44H,6-7,9,11-12,15,18,21,24,27-43H2,1-5H3/b10-8-,14-13-,17-16-,20-19-,23-22-,26-25-. The summed E-state index contributed by atoms with van der Waals surface area (Å²) in [6, 6.07) is 0. The smallest absolute Gasteiger partial charge is 0.306 e. The largest absolute Gasteiger partial charge is 0.756 e. The summed E-state index contributed by atoms with van der Waals surface area (Å²) < 4.78 is 33.6. The molecule has 56 heavy (non-hydrogen) atoms. The number of unbranched alkanes of at least 4 members (excludes halogenated alkanes) is 12. The summed E-state index contributed by atoms with van der Waals surface area (Å²) in [7, 11) is 1.15. The van der Waals surface area contributed by atoms with Crippen LogP contribution in [0.3, 0.4) is 0 Å². The van der Waals surface area contributed by atoms with E-state index >= 15 is 0 Å². The Morgan fingerprint density at radius 3 is 1.52 bits per heavy atom. The predicted octanol–water partition coefficient (Wildman–Crippen LogP) is 11.6. The van der Waals surface area contributed by atoms with Gasteiger partial charge in [0.15, 0.2) is 6.10 Å². The SMILES string of the molecule is CC/C=C\C/C=C\C/C=C\C/C=C\C/C=C\C/C=C\CCCCCCCCCCC(=O)OC(COC(=O)CCCCCCC)COP(=O)([O-])OCC[N+](C)(C)C. The molecular weight excluding hydrogens is 725 g/mol. The lowest BCUT2D eigenvalue weighted by molar-refractivity contribution is -0.870. The van der Waals surface area contributed by atoms with Gasteiger partial charge in [0.2, 0.25) is 0 Å². The fraction of sp³-hybridized carbons (Fsp3) is 0.696. The summed E-state index contributed by atoms with van der Waals surface area (Å²) in [5.41, 5.74) is 0. The number of carbonyl (C=O) groups excluding carboxylic acids is 2. The lowest BCUT2D eigenvalue weighted by Gasteiger charge is -2.28. The molecule has 322 valence electrons. The molecule has 9 nitrogen and oxygen atoms in total.